The lowest BCUT2D eigenvalue weighted by Crippen LogP contribution is -2.44. The summed E-state index contributed by atoms with van der Waals surface area (Å²) in [5, 5.41) is 1.16. The number of carbonyl (C=O) groups is 1. The summed E-state index contributed by atoms with van der Waals surface area (Å²) in [7, 11) is 3.73. The largest absolute Gasteiger partial charge is 0.494 e. The Morgan fingerprint density at radius 1 is 1.00 bits per heavy atom. The zero-order valence-corrected chi connectivity index (χ0v) is 24.9. The van der Waals surface area contributed by atoms with Gasteiger partial charge in [0.25, 0.3) is 5.91 Å². The van der Waals surface area contributed by atoms with E-state index in [0.717, 1.165) is 65.9 Å². The van der Waals surface area contributed by atoms with Crippen LogP contribution >= 0.6 is 0 Å². The van der Waals surface area contributed by atoms with Crippen LogP contribution in [-0.2, 0) is 13.6 Å². The number of amides is 1. The summed E-state index contributed by atoms with van der Waals surface area (Å²) in [6, 6.07) is 10.8. The van der Waals surface area contributed by atoms with Gasteiger partial charge in [-0.05, 0) is 80.7 Å². The van der Waals surface area contributed by atoms with E-state index in [1.54, 1.807) is 7.11 Å². The summed E-state index contributed by atoms with van der Waals surface area (Å²) >= 11 is 0. The highest BCUT2D eigenvalue weighted by Crippen LogP contribution is 2.40. The van der Waals surface area contributed by atoms with Gasteiger partial charge in [0, 0.05) is 54.8 Å². The first kappa shape index (κ1) is 26.3. The van der Waals surface area contributed by atoms with Crippen LogP contribution in [0.15, 0.2) is 30.3 Å². The molecule has 3 aliphatic carbocycles. The van der Waals surface area contributed by atoms with E-state index in [0.29, 0.717) is 29.1 Å². The molecule has 2 N–H and O–H groups in total. The van der Waals surface area contributed by atoms with Crippen LogP contribution in [-0.4, -0.2) is 55.6 Å². The highest BCUT2D eigenvalue weighted by atomic mass is 16.5. The second-order valence-corrected chi connectivity index (χ2v) is 13.4. The minimum Gasteiger partial charge on any atom is -0.494 e. The van der Waals surface area contributed by atoms with Gasteiger partial charge in [-0.2, -0.15) is 0 Å². The molecule has 0 radical (unpaired) electrons. The van der Waals surface area contributed by atoms with Crippen molar-refractivity contribution in [2.45, 2.75) is 88.8 Å². The van der Waals surface area contributed by atoms with Crippen molar-refractivity contribution in [2.75, 3.05) is 13.7 Å². The summed E-state index contributed by atoms with van der Waals surface area (Å²) in [5.74, 6) is 3.25. The average molecular weight is 567 g/mol. The fourth-order valence-electron chi connectivity index (χ4n) is 8.17. The number of pyridine rings is 1. The molecule has 8 rings (SSSR count). The molecule has 1 unspecified atom stereocenters. The predicted molar refractivity (Wildman–Crippen MR) is 165 cm³/mol. The number of methoxy groups -OCH3 is 1. The maximum Gasteiger partial charge on any atom is 0.254 e. The van der Waals surface area contributed by atoms with E-state index in [1.807, 2.05) is 17.0 Å². The highest BCUT2D eigenvalue weighted by Gasteiger charge is 2.44. The molecule has 2 bridgehead atoms. The molecule has 220 valence electrons. The molecule has 42 heavy (non-hydrogen) atoms. The number of aromatic nitrogens is 4. The molecule has 3 saturated carbocycles. The van der Waals surface area contributed by atoms with Gasteiger partial charge in [0.05, 0.1) is 18.3 Å². The average Bonchev–Trinajstić information content (AvgIpc) is 3.66. The van der Waals surface area contributed by atoms with Crippen molar-refractivity contribution >= 4 is 28.0 Å². The van der Waals surface area contributed by atoms with Crippen molar-refractivity contribution in [3.8, 4) is 17.3 Å². The van der Waals surface area contributed by atoms with Crippen LogP contribution in [0.5, 0.6) is 5.75 Å². The monoisotopic (exact) mass is 566 g/mol. The molecular weight excluding hydrogens is 524 g/mol. The summed E-state index contributed by atoms with van der Waals surface area (Å²) in [4.78, 5) is 26.3. The number of aryl methyl sites for hydroxylation is 1. The van der Waals surface area contributed by atoms with Crippen LogP contribution in [0.3, 0.4) is 0 Å². The first-order valence-corrected chi connectivity index (χ1v) is 16.1. The first-order chi connectivity index (χ1) is 20.5. The van der Waals surface area contributed by atoms with Crippen molar-refractivity contribution in [3.05, 3.63) is 41.6 Å². The van der Waals surface area contributed by atoms with Crippen LogP contribution in [0.2, 0.25) is 0 Å². The first-order valence-electron chi connectivity index (χ1n) is 16.1. The molecule has 4 aliphatic rings. The Morgan fingerprint density at radius 2 is 1.83 bits per heavy atom. The standard InChI is InChI=1S/C34H42N6O2/c1-38-31-26(15-24(17-29(31)42-2)34(41)40-19-23-9-6-10-27(40)30(23)35)37-33(38)28-16-22-13-14-25(21-7-4-3-5-8-21)36-32(22)39(28)18-20-11-12-20/h13-17,20-21,23,27,30H,3-12,18-19,35H2,1-2H3/t23-,27-,30?/m1/s1. The Morgan fingerprint density at radius 3 is 2.60 bits per heavy atom. The number of benzene rings is 1. The van der Waals surface area contributed by atoms with Crippen LogP contribution in [0.25, 0.3) is 33.6 Å². The second kappa shape index (κ2) is 10.1. The number of hydrogen-bond acceptors (Lipinski definition) is 5. The van der Waals surface area contributed by atoms with E-state index in [2.05, 4.69) is 34.4 Å². The number of ether oxygens (including phenoxy) is 1. The molecule has 1 aromatic carbocycles. The lowest BCUT2D eigenvalue weighted by atomic mass is 9.86. The molecule has 4 fully saturated rings. The fraction of sp³-hybridized carbons (Fsp3) is 0.559. The lowest BCUT2D eigenvalue weighted by Gasteiger charge is -2.29. The molecule has 1 aliphatic heterocycles. The molecule has 3 aromatic heterocycles. The lowest BCUT2D eigenvalue weighted by molar-refractivity contribution is 0.0726. The van der Waals surface area contributed by atoms with Crippen LogP contribution in [0.4, 0.5) is 0 Å². The van der Waals surface area contributed by atoms with E-state index < -0.39 is 0 Å². The Kier molecular flexibility index (Phi) is 6.32. The van der Waals surface area contributed by atoms with Crippen molar-refractivity contribution in [2.24, 2.45) is 24.6 Å². The van der Waals surface area contributed by atoms with Crippen molar-refractivity contribution in [1.82, 2.24) is 24.0 Å². The number of hydrogen-bond donors (Lipinski definition) is 1. The number of nitrogens with zero attached hydrogens (tertiary/aromatic N) is 5. The molecule has 4 heterocycles. The van der Waals surface area contributed by atoms with Gasteiger partial charge in [-0.3, -0.25) is 4.79 Å². The van der Waals surface area contributed by atoms with E-state index in [-0.39, 0.29) is 18.0 Å². The summed E-state index contributed by atoms with van der Waals surface area (Å²) < 4.78 is 10.4. The molecule has 3 atom stereocenters. The quantitative estimate of drug-likeness (QED) is 0.309. The van der Waals surface area contributed by atoms with E-state index in [9.17, 15) is 4.79 Å². The number of nitrogens with two attached hydrogens (primary N) is 1. The van der Waals surface area contributed by atoms with E-state index >= 15 is 0 Å². The maximum absolute atomic E-state index is 13.8. The highest BCUT2D eigenvalue weighted by molar-refractivity contribution is 6.00. The van der Waals surface area contributed by atoms with Gasteiger partial charge in [0.1, 0.15) is 16.9 Å². The molecule has 0 spiro atoms. The molecule has 1 amide bonds. The van der Waals surface area contributed by atoms with E-state index in [1.165, 1.54) is 50.6 Å². The number of imidazole rings is 1. The molecule has 8 heteroatoms. The number of rotatable bonds is 6. The third-order valence-electron chi connectivity index (χ3n) is 10.7. The number of fused-ring (bicyclic) bond motifs is 4. The Bertz CT molecular complexity index is 1680. The Balaban J connectivity index is 1.22. The predicted octanol–water partition coefficient (Wildman–Crippen LogP) is 6.01. The summed E-state index contributed by atoms with van der Waals surface area (Å²) in [5.41, 5.74) is 12.2. The molecule has 1 saturated heterocycles. The summed E-state index contributed by atoms with van der Waals surface area (Å²) in [6.07, 6.45) is 12.2. The van der Waals surface area contributed by atoms with Crippen molar-refractivity contribution in [3.63, 3.8) is 0 Å². The Hall–Kier alpha value is -3.39. The van der Waals surface area contributed by atoms with Gasteiger partial charge in [0.2, 0.25) is 0 Å². The SMILES string of the molecule is COc1cc(C(=O)N2C[C@H]3CCC[C@@H]2C3N)cc2nc(-c3cc4ccc(C5CCCCC5)nc4n3CC3CC3)n(C)c12. The second-order valence-electron chi connectivity index (χ2n) is 13.4. The maximum atomic E-state index is 13.8. The third kappa shape index (κ3) is 4.24. The minimum atomic E-state index is 0.0366. The topological polar surface area (TPSA) is 91.2 Å². The van der Waals surface area contributed by atoms with Crippen LogP contribution in [0.1, 0.15) is 86.2 Å². The van der Waals surface area contributed by atoms with Crippen LogP contribution in [0, 0.1) is 11.8 Å². The van der Waals surface area contributed by atoms with Gasteiger partial charge >= 0.3 is 0 Å². The van der Waals surface area contributed by atoms with Crippen LogP contribution < -0.4 is 10.5 Å². The van der Waals surface area contributed by atoms with Gasteiger partial charge < -0.3 is 24.5 Å². The fourth-order valence-corrected chi connectivity index (χ4v) is 8.17. The summed E-state index contributed by atoms with van der Waals surface area (Å²) in [6.45, 7) is 1.71. The van der Waals surface area contributed by atoms with Crippen molar-refractivity contribution < 1.29 is 9.53 Å². The minimum absolute atomic E-state index is 0.0366. The smallest absolute Gasteiger partial charge is 0.254 e. The van der Waals surface area contributed by atoms with Crippen molar-refractivity contribution in [1.29, 1.82) is 0 Å². The van der Waals surface area contributed by atoms with Gasteiger partial charge in [-0.15, -0.1) is 0 Å². The van der Waals surface area contributed by atoms with Gasteiger partial charge in [0.15, 0.2) is 5.82 Å². The Labute approximate surface area is 247 Å². The van der Waals surface area contributed by atoms with Gasteiger partial charge in [-0.25, -0.2) is 9.97 Å². The van der Waals surface area contributed by atoms with E-state index in [4.69, 9.17) is 20.4 Å². The normalized spacial score (nSPS) is 24.6. The zero-order valence-electron chi connectivity index (χ0n) is 24.9. The zero-order chi connectivity index (χ0) is 28.5. The van der Waals surface area contributed by atoms with Gasteiger partial charge in [-0.1, -0.05) is 25.7 Å². The molecule has 4 aromatic rings. The number of likely N-dealkylation sites (tertiary alicyclic amines) is 1. The molecule has 8 nitrogen and oxygen atoms in total. The number of carbonyl (C=O) groups excluding carboxylic acids is 1. The molecular formula is C34H42N6O2. The third-order valence-corrected chi connectivity index (χ3v) is 10.7.